The van der Waals surface area contributed by atoms with Gasteiger partial charge in [-0.3, -0.25) is 4.68 Å². The van der Waals surface area contributed by atoms with Crippen LogP contribution in [0, 0.1) is 0 Å². The number of fused-ring (bicyclic) bond motifs is 1. The van der Waals surface area contributed by atoms with Crippen molar-refractivity contribution in [1.82, 2.24) is 9.78 Å². The van der Waals surface area contributed by atoms with Crippen molar-refractivity contribution < 1.29 is 0 Å². The molecular weight excluding hydrogens is 254 g/mol. The zero-order valence-electron chi connectivity index (χ0n) is 11.4. The third-order valence-electron chi connectivity index (χ3n) is 4.06. The Balaban J connectivity index is 1.89. The summed E-state index contributed by atoms with van der Waals surface area (Å²) in [6, 6.07) is 4.42. The number of thiophene rings is 1. The van der Waals surface area contributed by atoms with Gasteiger partial charge in [0, 0.05) is 23.5 Å². The molecule has 102 valence electrons. The molecule has 0 aliphatic heterocycles. The van der Waals surface area contributed by atoms with E-state index in [0.717, 1.165) is 13.0 Å². The van der Waals surface area contributed by atoms with Crippen molar-refractivity contribution >= 4 is 11.3 Å². The summed E-state index contributed by atoms with van der Waals surface area (Å²) in [6.45, 7) is 3.13. The summed E-state index contributed by atoms with van der Waals surface area (Å²) < 4.78 is 2.07. The summed E-state index contributed by atoms with van der Waals surface area (Å²) >= 11 is 1.88. The van der Waals surface area contributed by atoms with Crippen LogP contribution in [0.25, 0.3) is 0 Å². The van der Waals surface area contributed by atoms with Gasteiger partial charge in [0.2, 0.25) is 0 Å². The highest BCUT2D eigenvalue weighted by atomic mass is 32.1. The molecule has 2 heterocycles. The fourth-order valence-electron chi connectivity index (χ4n) is 3.13. The highest BCUT2D eigenvalue weighted by Gasteiger charge is 2.29. The van der Waals surface area contributed by atoms with Crippen LogP contribution in [-0.4, -0.2) is 9.78 Å². The maximum Gasteiger partial charge on any atom is 0.0557 e. The molecule has 4 heteroatoms. The Hall–Kier alpha value is -1.13. The molecule has 2 aromatic rings. The van der Waals surface area contributed by atoms with E-state index in [-0.39, 0.29) is 6.04 Å². The minimum atomic E-state index is 0.0719. The van der Waals surface area contributed by atoms with Crippen molar-refractivity contribution in [1.29, 1.82) is 0 Å². The average Bonchev–Trinajstić information content (AvgIpc) is 3.06. The third kappa shape index (κ3) is 2.35. The van der Waals surface area contributed by atoms with Gasteiger partial charge in [-0.1, -0.05) is 6.92 Å². The highest BCUT2D eigenvalue weighted by Crippen LogP contribution is 2.41. The van der Waals surface area contributed by atoms with Gasteiger partial charge in [-0.05, 0) is 48.8 Å². The van der Waals surface area contributed by atoms with E-state index >= 15 is 0 Å². The van der Waals surface area contributed by atoms with Crippen LogP contribution in [-0.2, 0) is 13.0 Å². The molecule has 0 amide bonds. The summed E-state index contributed by atoms with van der Waals surface area (Å²) in [7, 11) is 0. The number of hydrogen-bond donors (Lipinski definition) is 1. The van der Waals surface area contributed by atoms with Crippen LogP contribution >= 0.6 is 11.3 Å². The quantitative estimate of drug-likeness (QED) is 0.928. The van der Waals surface area contributed by atoms with Crippen LogP contribution in [0.2, 0.25) is 0 Å². The van der Waals surface area contributed by atoms with Gasteiger partial charge in [-0.2, -0.15) is 5.10 Å². The van der Waals surface area contributed by atoms with Gasteiger partial charge in [-0.15, -0.1) is 11.3 Å². The van der Waals surface area contributed by atoms with E-state index in [9.17, 15) is 0 Å². The molecule has 3 rings (SSSR count). The van der Waals surface area contributed by atoms with Gasteiger partial charge in [-0.25, -0.2) is 0 Å². The molecule has 2 atom stereocenters. The SMILES string of the molecule is CCCn1nccc1C(N)C1CCCc2sccc21. The third-order valence-corrected chi connectivity index (χ3v) is 5.05. The molecule has 0 fully saturated rings. The Morgan fingerprint density at radius 2 is 2.42 bits per heavy atom. The summed E-state index contributed by atoms with van der Waals surface area (Å²) in [5, 5.41) is 6.61. The van der Waals surface area contributed by atoms with Crippen molar-refractivity contribution in [3.63, 3.8) is 0 Å². The molecule has 1 aliphatic carbocycles. The molecule has 0 saturated carbocycles. The second kappa shape index (κ2) is 5.47. The largest absolute Gasteiger partial charge is 0.322 e. The van der Waals surface area contributed by atoms with Crippen molar-refractivity contribution in [3.8, 4) is 0 Å². The minimum Gasteiger partial charge on any atom is -0.322 e. The molecule has 2 aromatic heterocycles. The predicted octanol–water partition coefficient (Wildman–Crippen LogP) is 3.47. The number of rotatable bonds is 4. The maximum absolute atomic E-state index is 6.56. The Morgan fingerprint density at radius 3 is 3.26 bits per heavy atom. The Kier molecular flexibility index (Phi) is 3.71. The highest BCUT2D eigenvalue weighted by molar-refractivity contribution is 7.10. The second-order valence-corrected chi connectivity index (χ2v) is 6.30. The summed E-state index contributed by atoms with van der Waals surface area (Å²) in [4.78, 5) is 1.54. The van der Waals surface area contributed by atoms with Gasteiger partial charge in [0.05, 0.1) is 11.7 Å². The lowest BCUT2D eigenvalue weighted by Gasteiger charge is -2.28. The van der Waals surface area contributed by atoms with Crippen LogP contribution in [0.3, 0.4) is 0 Å². The van der Waals surface area contributed by atoms with Crippen molar-refractivity contribution in [2.24, 2.45) is 5.73 Å². The van der Waals surface area contributed by atoms with E-state index < -0.39 is 0 Å². The lowest BCUT2D eigenvalue weighted by Crippen LogP contribution is -2.25. The lowest BCUT2D eigenvalue weighted by molar-refractivity contribution is 0.443. The second-order valence-electron chi connectivity index (χ2n) is 5.30. The number of aryl methyl sites for hydroxylation is 2. The number of hydrogen-bond acceptors (Lipinski definition) is 3. The fourth-order valence-corrected chi connectivity index (χ4v) is 4.12. The topological polar surface area (TPSA) is 43.8 Å². The van der Waals surface area contributed by atoms with Crippen molar-refractivity contribution in [2.45, 2.75) is 51.1 Å². The fraction of sp³-hybridized carbons (Fsp3) is 0.533. The van der Waals surface area contributed by atoms with Crippen LogP contribution in [0.5, 0.6) is 0 Å². The van der Waals surface area contributed by atoms with E-state index in [4.69, 9.17) is 5.73 Å². The molecule has 0 bridgehead atoms. The van der Waals surface area contributed by atoms with E-state index in [1.54, 1.807) is 0 Å². The number of nitrogens with zero attached hydrogens (tertiary/aromatic N) is 2. The minimum absolute atomic E-state index is 0.0719. The van der Waals surface area contributed by atoms with Crippen LogP contribution in [0.1, 0.15) is 54.3 Å². The zero-order valence-corrected chi connectivity index (χ0v) is 12.2. The predicted molar refractivity (Wildman–Crippen MR) is 79.4 cm³/mol. The van der Waals surface area contributed by atoms with Crippen LogP contribution in [0.15, 0.2) is 23.7 Å². The monoisotopic (exact) mass is 275 g/mol. The van der Waals surface area contributed by atoms with Gasteiger partial charge < -0.3 is 5.73 Å². The first-order chi connectivity index (χ1) is 9.31. The molecular formula is C15H21N3S. The smallest absolute Gasteiger partial charge is 0.0557 e. The molecule has 2 unspecified atom stereocenters. The lowest BCUT2D eigenvalue weighted by atomic mass is 9.81. The van der Waals surface area contributed by atoms with Crippen molar-refractivity contribution in [2.75, 3.05) is 0 Å². The molecule has 2 N–H and O–H groups in total. The van der Waals surface area contributed by atoms with E-state index in [0.29, 0.717) is 5.92 Å². The standard InChI is InChI=1S/C15H21N3S/c1-2-9-18-13(6-8-17-18)15(16)12-4-3-5-14-11(12)7-10-19-14/h6-8,10,12,15H,2-5,9,16H2,1H3. The number of aromatic nitrogens is 2. The van der Waals surface area contributed by atoms with Gasteiger partial charge >= 0.3 is 0 Å². The first-order valence-corrected chi connectivity index (χ1v) is 8.02. The van der Waals surface area contributed by atoms with E-state index in [1.807, 2.05) is 17.5 Å². The maximum atomic E-state index is 6.56. The molecule has 3 nitrogen and oxygen atoms in total. The molecule has 0 aromatic carbocycles. The first-order valence-electron chi connectivity index (χ1n) is 7.14. The van der Waals surface area contributed by atoms with Gasteiger partial charge in [0.25, 0.3) is 0 Å². The average molecular weight is 275 g/mol. The molecule has 0 spiro atoms. The first kappa shape index (κ1) is 12.9. The van der Waals surface area contributed by atoms with E-state index in [1.165, 1.54) is 35.4 Å². The molecule has 0 saturated heterocycles. The molecule has 0 radical (unpaired) electrons. The van der Waals surface area contributed by atoms with Crippen LogP contribution < -0.4 is 5.73 Å². The molecule has 1 aliphatic rings. The Labute approximate surface area is 118 Å². The Morgan fingerprint density at radius 1 is 1.53 bits per heavy atom. The summed E-state index contributed by atoms with van der Waals surface area (Å²) in [5.41, 5.74) is 9.23. The summed E-state index contributed by atoms with van der Waals surface area (Å²) in [5.74, 6) is 0.460. The van der Waals surface area contributed by atoms with Gasteiger partial charge in [0.15, 0.2) is 0 Å². The zero-order chi connectivity index (χ0) is 13.2. The Bertz CT molecular complexity index is 543. The normalized spacial score (nSPS) is 20.2. The van der Waals surface area contributed by atoms with E-state index in [2.05, 4.69) is 34.2 Å². The van der Waals surface area contributed by atoms with Crippen LogP contribution in [0.4, 0.5) is 0 Å². The van der Waals surface area contributed by atoms with Crippen molar-refractivity contribution in [3.05, 3.63) is 39.8 Å². The number of nitrogens with two attached hydrogens (primary N) is 1. The summed E-state index contributed by atoms with van der Waals surface area (Å²) in [6.07, 6.45) is 6.65. The molecule has 19 heavy (non-hydrogen) atoms. The van der Waals surface area contributed by atoms with Gasteiger partial charge in [0.1, 0.15) is 0 Å².